The average Bonchev–Trinajstić information content (AvgIpc) is 2.81. The lowest BCUT2D eigenvalue weighted by Gasteiger charge is -2.31. The van der Waals surface area contributed by atoms with Gasteiger partial charge in [0, 0.05) is 12.6 Å². The highest BCUT2D eigenvalue weighted by atomic mass is 19.4. The fourth-order valence-corrected chi connectivity index (χ4v) is 2.73. The Kier molecular flexibility index (Phi) is 4.14. The third-order valence-corrected chi connectivity index (χ3v) is 3.90. The Balaban J connectivity index is 1.76. The normalized spacial score (nSPS) is 30.4. The second kappa shape index (κ2) is 5.47. The summed E-state index contributed by atoms with van der Waals surface area (Å²) in [4.78, 5) is 11.9. The molecule has 18 heavy (non-hydrogen) atoms. The monoisotopic (exact) mass is 264 g/mol. The zero-order valence-electron chi connectivity index (χ0n) is 10.2. The van der Waals surface area contributed by atoms with Crippen molar-refractivity contribution in [3.8, 4) is 0 Å². The summed E-state index contributed by atoms with van der Waals surface area (Å²) >= 11 is 0. The Bertz CT molecular complexity index is 292. The Morgan fingerprint density at radius 1 is 1.11 bits per heavy atom. The third kappa shape index (κ3) is 3.37. The van der Waals surface area contributed by atoms with E-state index in [-0.39, 0.29) is 31.3 Å². The van der Waals surface area contributed by atoms with E-state index in [4.69, 9.17) is 0 Å². The van der Waals surface area contributed by atoms with Crippen molar-refractivity contribution in [2.45, 2.75) is 56.8 Å². The third-order valence-electron chi connectivity index (χ3n) is 3.90. The van der Waals surface area contributed by atoms with Gasteiger partial charge in [-0.2, -0.15) is 13.2 Å². The molecule has 2 unspecified atom stereocenters. The second-order valence-electron chi connectivity index (χ2n) is 5.27. The molecule has 2 fully saturated rings. The van der Waals surface area contributed by atoms with Gasteiger partial charge in [0.1, 0.15) is 0 Å². The summed E-state index contributed by atoms with van der Waals surface area (Å²) in [5, 5.41) is 5.64. The lowest BCUT2D eigenvalue weighted by atomic mass is 9.93. The van der Waals surface area contributed by atoms with Gasteiger partial charge in [-0.1, -0.05) is 12.8 Å². The molecule has 0 aromatic rings. The predicted octanol–water partition coefficient (Wildman–Crippen LogP) is 1.98. The molecular formula is C12H19F3N2O. The minimum absolute atomic E-state index is 0.0409. The number of nitrogens with one attached hydrogen (secondary N) is 2. The zero-order valence-corrected chi connectivity index (χ0v) is 10.2. The van der Waals surface area contributed by atoms with E-state index in [9.17, 15) is 18.0 Å². The molecule has 1 amide bonds. The number of hydrogen-bond acceptors (Lipinski definition) is 2. The molecule has 2 atom stereocenters. The van der Waals surface area contributed by atoms with E-state index in [0.717, 1.165) is 25.7 Å². The van der Waals surface area contributed by atoms with E-state index in [1.54, 1.807) is 0 Å². The van der Waals surface area contributed by atoms with Crippen LogP contribution in [0, 0.1) is 5.92 Å². The van der Waals surface area contributed by atoms with Crippen molar-refractivity contribution < 1.29 is 18.0 Å². The average molecular weight is 264 g/mol. The fourth-order valence-electron chi connectivity index (χ4n) is 2.73. The van der Waals surface area contributed by atoms with E-state index in [1.165, 1.54) is 0 Å². The van der Waals surface area contributed by atoms with Crippen molar-refractivity contribution in [1.82, 2.24) is 10.6 Å². The van der Waals surface area contributed by atoms with Crippen molar-refractivity contribution >= 4 is 5.91 Å². The number of alkyl halides is 3. The molecule has 0 aromatic heterocycles. The first-order valence-electron chi connectivity index (χ1n) is 6.57. The number of halogens is 3. The highest BCUT2D eigenvalue weighted by Gasteiger charge is 2.42. The van der Waals surface area contributed by atoms with Gasteiger partial charge in [-0.05, 0) is 25.7 Å². The van der Waals surface area contributed by atoms with Gasteiger partial charge in [0.15, 0.2) is 0 Å². The van der Waals surface area contributed by atoms with Crippen molar-refractivity contribution in [2.24, 2.45) is 5.92 Å². The standard InChI is InChI=1S/C12H19F3N2O/c13-12(14,15)8-5-6-10(16-7-8)11(18)17-9-3-1-2-4-9/h8-10,16H,1-7H2,(H,17,18). The van der Waals surface area contributed by atoms with E-state index in [0.29, 0.717) is 0 Å². The second-order valence-corrected chi connectivity index (χ2v) is 5.27. The minimum atomic E-state index is -4.15. The molecule has 2 N–H and O–H groups in total. The predicted molar refractivity (Wildman–Crippen MR) is 61.0 cm³/mol. The van der Waals surface area contributed by atoms with Crippen LogP contribution in [-0.2, 0) is 4.79 Å². The number of carbonyl (C=O) groups excluding carboxylic acids is 1. The van der Waals surface area contributed by atoms with E-state index in [2.05, 4.69) is 10.6 Å². The van der Waals surface area contributed by atoms with E-state index in [1.807, 2.05) is 0 Å². The fraction of sp³-hybridized carbons (Fsp3) is 0.917. The Morgan fingerprint density at radius 2 is 1.78 bits per heavy atom. The summed E-state index contributed by atoms with van der Waals surface area (Å²) in [6.45, 7) is -0.147. The van der Waals surface area contributed by atoms with Crippen molar-refractivity contribution in [2.75, 3.05) is 6.54 Å². The van der Waals surface area contributed by atoms with Crippen LogP contribution in [0.2, 0.25) is 0 Å². The van der Waals surface area contributed by atoms with Crippen LogP contribution in [0.25, 0.3) is 0 Å². The highest BCUT2D eigenvalue weighted by Crippen LogP contribution is 2.32. The van der Waals surface area contributed by atoms with Gasteiger partial charge in [0.25, 0.3) is 0 Å². The van der Waals surface area contributed by atoms with Crippen LogP contribution >= 0.6 is 0 Å². The van der Waals surface area contributed by atoms with Crippen molar-refractivity contribution in [1.29, 1.82) is 0 Å². The number of rotatable bonds is 2. The first-order chi connectivity index (χ1) is 8.47. The summed E-state index contributed by atoms with van der Waals surface area (Å²) < 4.78 is 37.4. The molecule has 0 spiro atoms. The summed E-state index contributed by atoms with van der Waals surface area (Å²) in [6, 6.07) is -0.233. The van der Waals surface area contributed by atoms with Gasteiger partial charge in [-0.25, -0.2) is 0 Å². The largest absolute Gasteiger partial charge is 0.393 e. The first-order valence-corrected chi connectivity index (χ1v) is 6.57. The van der Waals surface area contributed by atoms with Gasteiger partial charge >= 0.3 is 6.18 Å². The lowest BCUT2D eigenvalue weighted by Crippen LogP contribution is -2.52. The van der Waals surface area contributed by atoms with Gasteiger partial charge < -0.3 is 10.6 Å². The Morgan fingerprint density at radius 3 is 2.28 bits per heavy atom. The molecular weight excluding hydrogens is 245 g/mol. The number of carbonyl (C=O) groups is 1. The van der Waals surface area contributed by atoms with Crippen LogP contribution in [0.5, 0.6) is 0 Å². The van der Waals surface area contributed by atoms with Gasteiger partial charge in [0.2, 0.25) is 5.91 Å². The van der Waals surface area contributed by atoms with E-state index < -0.39 is 18.1 Å². The van der Waals surface area contributed by atoms with Gasteiger partial charge in [-0.3, -0.25) is 4.79 Å². The maximum absolute atomic E-state index is 12.5. The van der Waals surface area contributed by atoms with Crippen molar-refractivity contribution in [3.63, 3.8) is 0 Å². The molecule has 6 heteroatoms. The van der Waals surface area contributed by atoms with Gasteiger partial charge in [-0.15, -0.1) is 0 Å². The Hall–Kier alpha value is -0.780. The van der Waals surface area contributed by atoms with Crippen LogP contribution in [0.15, 0.2) is 0 Å². The van der Waals surface area contributed by atoms with Crippen LogP contribution in [0.4, 0.5) is 13.2 Å². The molecule has 1 aliphatic carbocycles. The van der Waals surface area contributed by atoms with Crippen LogP contribution in [0.1, 0.15) is 38.5 Å². The molecule has 3 nitrogen and oxygen atoms in total. The minimum Gasteiger partial charge on any atom is -0.352 e. The van der Waals surface area contributed by atoms with Crippen molar-refractivity contribution in [3.05, 3.63) is 0 Å². The molecule has 0 radical (unpaired) electrons. The SMILES string of the molecule is O=C(NC1CCCC1)C1CCC(C(F)(F)F)CN1. The summed E-state index contributed by atoms with van der Waals surface area (Å²) in [7, 11) is 0. The smallest absolute Gasteiger partial charge is 0.352 e. The summed E-state index contributed by atoms with van der Waals surface area (Å²) in [5.41, 5.74) is 0. The molecule has 0 bridgehead atoms. The number of amides is 1. The number of hydrogen-bond donors (Lipinski definition) is 2. The Labute approximate surface area is 104 Å². The molecule has 1 heterocycles. The summed E-state index contributed by atoms with van der Waals surface area (Å²) in [6.07, 6.45) is 0.382. The maximum atomic E-state index is 12.5. The highest BCUT2D eigenvalue weighted by molar-refractivity contribution is 5.82. The quantitative estimate of drug-likeness (QED) is 0.800. The molecule has 2 rings (SSSR count). The van der Waals surface area contributed by atoms with Crippen LogP contribution in [0.3, 0.4) is 0 Å². The van der Waals surface area contributed by atoms with E-state index >= 15 is 0 Å². The first kappa shape index (κ1) is 13.6. The topological polar surface area (TPSA) is 41.1 Å². The summed E-state index contributed by atoms with van der Waals surface area (Å²) in [5.74, 6) is -1.45. The van der Waals surface area contributed by atoms with Crippen LogP contribution < -0.4 is 10.6 Å². The molecule has 1 saturated carbocycles. The lowest BCUT2D eigenvalue weighted by molar-refractivity contribution is -0.180. The maximum Gasteiger partial charge on any atom is 0.393 e. The molecule has 1 aliphatic heterocycles. The molecule has 0 aromatic carbocycles. The van der Waals surface area contributed by atoms with Gasteiger partial charge in [0.05, 0.1) is 12.0 Å². The number of piperidine rings is 1. The zero-order chi connectivity index (χ0) is 13.2. The molecule has 104 valence electrons. The molecule has 2 aliphatic rings. The molecule has 1 saturated heterocycles. The van der Waals surface area contributed by atoms with Crippen LogP contribution in [-0.4, -0.2) is 30.7 Å².